The molecule has 2 heterocycles. The number of ether oxygens (including phenoxy) is 1. The first-order valence-corrected chi connectivity index (χ1v) is 6.48. The highest BCUT2D eigenvalue weighted by Gasteiger charge is 2.08. The molecule has 6 nitrogen and oxygen atoms in total. The number of hydrogen-bond acceptors (Lipinski definition) is 7. The lowest BCUT2D eigenvalue weighted by Crippen LogP contribution is -2.13. The van der Waals surface area contributed by atoms with Gasteiger partial charge in [-0.15, -0.1) is 11.3 Å². The molecular formula is C11H16N4O2S. The third kappa shape index (κ3) is 3.06. The van der Waals surface area contributed by atoms with E-state index in [1.54, 1.807) is 11.3 Å². The Morgan fingerprint density at radius 3 is 3.06 bits per heavy atom. The first-order chi connectivity index (χ1) is 8.70. The summed E-state index contributed by atoms with van der Waals surface area (Å²) in [6.07, 6.45) is 0. The maximum atomic E-state index is 8.58. The van der Waals surface area contributed by atoms with Gasteiger partial charge >= 0.3 is 0 Å². The van der Waals surface area contributed by atoms with Gasteiger partial charge < -0.3 is 20.9 Å². The Morgan fingerprint density at radius 2 is 2.28 bits per heavy atom. The zero-order valence-electron chi connectivity index (χ0n) is 10.1. The number of nitrogens with one attached hydrogen (secondary N) is 1. The van der Waals surface area contributed by atoms with Crippen molar-refractivity contribution in [3.05, 3.63) is 10.9 Å². The van der Waals surface area contributed by atoms with Crippen LogP contribution in [0.25, 0.3) is 10.2 Å². The maximum Gasteiger partial charge on any atom is 0.223 e. The van der Waals surface area contributed by atoms with E-state index in [4.69, 9.17) is 15.6 Å². The van der Waals surface area contributed by atoms with Crippen LogP contribution < -0.4 is 11.1 Å². The minimum Gasteiger partial charge on any atom is -0.394 e. The fourth-order valence-electron chi connectivity index (χ4n) is 1.60. The molecule has 0 aliphatic carbocycles. The van der Waals surface area contributed by atoms with Gasteiger partial charge in [0.15, 0.2) is 0 Å². The number of aliphatic hydroxyl groups is 1. The molecule has 2 aromatic rings. The average molecular weight is 268 g/mol. The van der Waals surface area contributed by atoms with Crippen LogP contribution in [0.3, 0.4) is 0 Å². The van der Waals surface area contributed by atoms with Crippen LogP contribution in [0.1, 0.15) is 4.88 Å². The van der Waals surface area contributed by atoms with Gasteiger partial charge in [-0.1, -0.05) is 0 Å². The molecule has 0 aliphatic rings. The summed E-state index contributed by atoms with van der Waals surface area (Å²) in [6.45, 7) is 3.53. The predicted molar refractivity (Wildman–Crippen MR) is 73.0 cm³/mol. The summed E-state index contributed by atoms with van der Waals surface area (Å²) in [5, 5.41) is 12.7. The number of thiophene rings is 1. The Hall–Kier alpha value is -1.44. The van der Waals surface area contributed by atoms with Gasteiger partial charge in [0.2, 0.25) is 5.95 Å². The van der Waals surface area contributed by atoms with Crippen LogP contribution in [-0.2, 0) is 4.74 Å². The Balaban J connectivity index is 2.07. The maximum absolute atomic E-state index is 8.58. The quantitative estimate of drug-likeness (QED) is 0.677. The number of anilines is 2. The molecule has 0 bridgehead atoms. The second-order valence-corrected chi connectivity index (χ2v) is 5.00. The minimum absolute atomic E-state index is 0.0361. The van der Waals surface area contributed by atoms with Gasteiger partial charge in [-0.05, 0) is 13.0 Å². The van der Waals surface area contributed by atoms with Gasteiger partial charge in [0, 0.05) is 11.4 Å². The molecule has 0 saturated heterocycles. The van der Waals surface area contributed by atoms with Crippen molar-refractivity contribution in [1.29, 1.82) is 0 Å². The van der Waals surface area contributed by atoms with Crippen molar-refractivity contribution in [1.82, 2.24) is 9.97 Å². The summed E-state index contributed by atoms with van der Waals surface area (Å²) in [5.74, 6) is 0.998. The van der Waals surface area contributed by atoms with E-state index in [2.05, 4.69) is 15.3 Å². The van der Waals surface area contributed by atoms with Crippen LogP contribution in [-0.4, -0.2) is 41.4 Å². The smallest absolute Gasteiger partial charge is 0.223 e. The van der Waals surface area contributed by atoms with Gasteiger partial charge in [-0.2, -0.15) is 4.98 Å². The summed E-state index contributed by atoms with van der Waals surface area (Å²) in [4.78, 5) is 10.4. The van der Waals surface area contributed by atoms with E-state index in [0.717, 1.165) is 16.0 Å². The molecule has 0 atom stereocenters. The lowest BCUT2D eigenvalue weighted by Gasteiger charge is -2.07. The Bertz CT molecular complexity index is 529. The zero-order chi connectivity index (χ0) is 13.0. The molecule has 0 amide bonds. The van der Waals surface area contributed by atoms with E-state index in [1.165, 1.54) is 4.88 Å². The molecule has 0 aromatic carbocycles. The van der Waals surface area contributed by atoms with Gasteiger partial charge in [-0.3, -0.25) is 0 Å². The van der Waals surface area contributed by atoms with Crippen LogP contribution in [0.2, 0.25) is 0 Å². The third-order valence-electron chi connectivity index (χ3n) is 2.31. The summed E-state index contributed by atoms with van der Waals surface area (Å²) >= 11 is 1.59. The lowest BCUT2D eigenvalue weighted by atomic mass is 10.3. The van der Waals surface area contributed by atoms with Crippen molar-refractivity contribution in [3.63, 3.8) is 0 Å². The minimum atomic E-state index is 0.0361. The molecular weight excluding hydrogens is 252 g/mol. The highest BCUT2D eigenvalue weighted by atomic mass is 32.1. The van der Waals surface area contributed by atoms with E-state index in [1.807, 2.05) is 13.0 Å². The molecule has 7 heteroatoms. The van der Waals surface area contributed by atoms with Crippen LogP contribution in [0, 0.1) is 6.92 Å². The number of aromatic nitrogens is 2. The molecule has 0 unspecified atom stereocenters. The van der Waals surface area contributed by atoms with Gasteiger partial charge in [-0.25, -0.2) is 4.98 Å². The fourth-order valence-corrected chi connectivity index (χ4v) is 2.49. The van der Waals surface area contributed by atoms with E-state index >= 15 is 0 Å². The van der Waals surface area contributed by atoms with Crippen molar-refractivity contribution in [3.8, 4) is 0 Å². The second-order valence-electron chi connectivity index (χ2n) is 3.77. The zero-order valence-corrected chi connectivity index (χ0v) is 11.0. The number of aryl methyl sites for hydroxylation is 1. The molecule has 98 valence electrons. The van der Waals surface area contributed by atoms with Gasteiger partial charge in [0.25, 0.3) is 0 Å². The first-order valence-electron chi connectivity index (χ1n) is 5.67. The van der Waals surface area contributed by atoms with Crippen LogP contribution >= 0.6 is 11.3 Å². The van der Waals surface area contributed by atoms with Crippen molar-refractivity contribution in [2.45, 2.75) is 6.92 Å². The van der Waals surface area contributed by atoms with Crippen molar-refractivity contribution in [2.75, 3.05) is 37.4 Å². The van der Waals surface area contributed by atoms with Gasteiger partial charge in [0.05, 0.1) is 25.2 Å². The standard InChI is InChI=1S/C11H16N4O2S/c1-7-6-8-9(13-2-4-17-5-3-16)14-11(12)15-10(8)18-7/h6,16H,2-5H2,1H3,(H3,12,13,14,15). The predicted octanol–water partition coefficient (Wildman–Crippen LogP) is 1.00. The highest BCUT2D eigenvalue weighted by Crippen LogP contribution is 2.28. The molecule has 2 aromatic heterocycles. The number of hydrogen-bond donors (Lipinski definition) is 3. The molecule has 0 fully saturated rings. The number of fused-ring (bicyclic) bond motifs is 1. The topological polar surface area (TPSA) is 93.3 Å². The first kappa shape index (κ1) is 13.0. The van der Waals surface area contributed by atoms with Gasteiger partial charge in [0.1, 0.15) is 10.6 Å². The SMILES string of the molecule is Cc1cc2c(NCCOCCO)nc(N)nc2s1. The number of aliphatic hydroxyl groups excluding tert-OH is 1. The Labute approximate surface area is 109 Å². The normalized spacial score (nSPS) is 11.0. The van der Waals surface area contributed by atoms with Crippen molar-refractivity contribution < 1.29 is 9.84 Å². The fraction of sp³-hybridized carbons (Fsp3) is 0.455. The van der Waals surface area contributed by atoms with Crippen molar-refractivity contribution in [2.24, 2.45) is 0 Å². The van der Waals surface area contributed by atoms with Crippen LogP contribution in [0.4, 0.5) is 11.8 Å². The number of nitrogen functional groups attached to an aromatic ring is 1. The molecule has 4 N–H and O–H groups in total. The summed E-state index contributed by atoms with van der Waals surface area (Å²) in [7, 11) is 0. The van der Waals surface area contributed by atoms with Crippen LogP contribution in [0.15, 0.2) is 6.07 Å². The van der Waals surface area contributed by atoms with E-state index in [0.29, 0.717) is 19.8 Å². The molecule has 0 spiro atoms. The molecule has 0 saturated carbocycles. The van der Waals surface area contributed by atoms with E-state index in [9.17, 15) is 0 Å². The Kier molecular flexibility index (Phi) is 4.29. The molecule has 18 heavy (non-hydrogen) atoms. The average Bonchev–Trinajstić information content (AvgIpc) is 2.69. The van der Waals surface area contributed by atoms with Crippen molar-refractivity contribution >= 4 is 33.3 Å². The van der Waals surface area contributed by atoms with E-state index < -0.39 is 0 Å². The summed E-state index contributed by atoms with van der Waals surface area (Å²) < 4.78 is 5.17. The monoisotopic (exact) mass is 268 g/mol. The van der Waals surface area contributed by atoms with Crippen LogP contribution in [0.5, 0.6) is 0 Å². The molecule has 0 radical (unpaired) electrons. The Morgan fingerprint density at radius 1 is 1.44 bits per heavy atom. The number of rotatable bonds is 6. The molecule has 2 rings (SSSR count). The summed E-state index contributed by atoms with van der Waals surface area (Å²) in [6, 6.07) is 2.04. The largest absolute Gasteiger partial charge is 0.394 e. The lowest BCUT2D eigenvalue weighted by molar-refractivity contribution is 0.0992. The number of nitrogens with two attached hydrogens (primary N) is 1. The van der Waals surface area contributed by atoms with E-state index in [-0.39, 0.29) is 12.6 Å². The second kappa shape index (κ2) is 5.94. The molecule has 0 aliphatic heterocycles. The highest BCUT2D eigenvalue weighted by molar-refractivity contribution is 7.18. The third-order valence-corrected chi connectivity index (χ3v) is 3.25. The number of nitrogens with zero attached hydrogens (tertiary/aromatic N) is 2. The summed E-state index contributed by atoms with van der Waals surface area (Å²) in [5.41, 5.74) is 5.67.